The highest BCUT2D eigenvalue weighted by atomic mass is 16.4. The predicted octanol–water partition coefficient (Wildman–Crippen LogP) is 1.35. The van der Waals surface area contributed by atoms with E-state index in [1.807, 2.05) is 0 Å². The van der Waals surface area contributed by atoms with Crippen molar-refractivity contribution >= 4 is 11.7 Å². The molecule has 1 aliphatic carbocycles. The number of carbonyl (C=O) groups is 1. The fourth-order valence-corrected chi connectivity index (χ4v) is 1.88. The lowest BCUT2D eigenvalue weighted by atomic mass is 10.0. The average Bonchev–Trinajstić information content (AvgIpc) is 3.08. The summed E-state index contributed by atoms with van der Waals surface area (Å²) < 4.78 is 0. The second kappa shape index (κ2) is 4.71. The van der Waals surface area contributed by atoms with Gasteiger partial charge in [0.25, 0.3) is 0 Å². The molecule has 1 aromatic heterocycles. The molecule has 1 aliphatic rings. The van der Waals surface area contributed by atoms with Gasteiger partial charge in [0.1, 0.15) is 5.69 Å². The van der Waals surface area contributed by atoms with Crippen molar-refractivity contribution < 1.29 is 15.0 Å². The first-order valence-electron chi connectivity index (χ1n) is 5.69. The normalized spacial score (nSPS) is 16.5. The summed E-state index contributed by atoms with van der Waals surface area (Å²) in [5.41, 5.74) is 1.02. The number of anilines is 1. The van der Waals surface area contributed by atoms with E-state index in [-0.39, 0.29) is 17.7 Å². The lowest BCUT2D eigenvalue weighted by Crippen LogP contribution is -2.17. The van der Waals surface area contributed by atoms with Crippen LogP contribution in [0.3, 0.4) is 0 Å². The number of aliphatic hydroxyl groups excluding tert-OH is 1. The average molecular weight is 236 g/mol. The number of aromatic nitrogens is 1. The predicted molar refractivity (Wildman–Crippen MR) is 63.1 cm³/mol. The van der Waals surface area contributed by atoms with Gasteiger partial charge < -0.3 is 15.5 Å². The fraction of sp³-hybridized carbons (Fsp3) is 0.500. The van der Waals surface area contributed by atoms with E-state index in [1.54, 1.807) is 6.07 Å². The smallest absolute Gasteiger partial charge is 0.354 e. The molecule has 1 heterocycles. The van der Waals surface area contributed by atoms with Crippen molar-refractivity contribution in [1.82, 2.24) is 4.98 Å². The van der Waals surface area contributed by atoms with Crippen LogP contribution >= 0.6 is 0 Å². The van der Waals surface area contributed by atoms with Crippen LogP contribution in [-0.2, 0) is 0 Å². The summed E-state index contributed by atoms with van der Waals surface area (Å²) in [5, 5.41) is 21.0. The van der Waals surface area contributed by atoms with Crippen LogP contribution in [-0.4, -0.2) is 34.3 Å². The van der Waals surface area contributed by atoms with Crippen LogP contribution < -0.4 is 5.32 Å². The van der Waals surface area contributed by atoms with E-state index < -0.39 is 5.97 Å². The van der Waals surface area contributed by atoms with Crippen LogP contribution in [0.2, 0.25) is 0 Å². The zero-order valence-corrected chi connectivity index (χ0v) is 9.52. The molecule has 0 aromatic carbocycles. The second-order valence-corrected chi connectivity index (χ2v) is 4.56. The first-order chi connectivity index (χ1) is 8.15. The van der Waals surface area contributed by atoms with E-state index in [0.717, 1.165) is 31.5 Å². The molecule has 5 nitrogen and oxygen atoms in total. The van der Waals surface area contributed by atoms with Gasteiger partial charge in [-0.25, -0.2) is 9.78 Å². The SMILES string of the molecule is O=C(O)c1cc(NCC2(CCO)CC2)ccn1. The number of aliphatic hydroxyl groups is 1. The first kappa shape index (κ1) is 11.9. The molecule has 2 rings (SSSR count). The molecule has 92 valence electrons. The third kappa shape index (κ3) is 2.94. The maximum absolute atomic E-state index is 10.7. The van der Waals surface area contributed by atoms with Gasteiger partial charge in [-0.1, -0.05) is 0 Å². The Morgan fingerprint density at radius 2 is 2.29 bits per heavy atom. The quantitative estimate of drug-likeness (QED) is 0.694. The van der Waals surface area contributed by atoms with E-state index >= 15 is 0 Å². The summed E-state index contributed by atoms with van der Waals surface area (Å²) in [7, 11) is 0. The second-order valence-electron chi connectivity index (χ2n) is 4.56. The number of nitrogens with one attached hydrogen (secondary N) is 1. The molecule has 0 spiro atoms. The van der Waals surface area contributed by atoms with Crippen molar-refractivity contribution in [3.8, 4) is 0 Å². The van der Waals surface area contributed by atoms with Gasteiger partial charge in [0.2, 0.25) is 0 Å². The lowest BCUT2D eigenvalue weighted by Gasteiger charge is -2.15. The molecule has 0 aliphatic heterocycles. The third-order valence-electron chi connectivity index (χ3n) is 3.25. The molecule has 1 saturated carbocycles. The topological polar surface area (TPSA) is 82.5 Å². The van der Waals surface area contributed by atoms with Crippen LogP contribution in [0.1, 0.15) is 29.8 Å². The molecule has 0 amide bonds. The van der Waals surface area contributed by atoms with Crippen molar-refractivity contribution in [2.75, 3.05) is 18.5 Å². The van der Waals surface area contributed by atoms with Crippen molar-refractivity contribution in [2.24, 2.45) is 5.41 Å². The number of nitrogens with zero attached hydrogens (tertiary/aromatic N) is 1. The molecule has 0 bridgehead atoms. The number of rotatable bonds is 6. The Morgan fingerprint density at radius 3 is 2.88 bits per heavy atom. The zero-order valence-electron chi connectivity index (χ0n) is 9.52. The number of hydrogen-bond acceptors (Lipinski definition) is 4. The summed E-state index contributed by atoms with van der Waals surface area (Å²) in [6.07, 6.45) is 4.53. The highest BCUT2D eigenvalue weighted by Crippen LogP contribution is 2.48. The standard InChI is InChI=1S/C12H16N2O3/c15-6-4-12(2-3-12)8-14-9-1-5-13-10(7-9)11(16)17/h1,5,7,15H,2-4,6,8H2,(H,13,14)(H,16,17). The molecule has 0 atom stereocenters. The Balaban J connectivity index is 1.95. The number of carboxylic acid groups (broad SMARTS) is 1. The van der Waals surface area contributed by atoms with Crippen LogP contribution in [0.5, 0.6) is 0 Å². The Bertz CT molecular complexity index is 416. The van der Waals surface area contributed by atoms with Gasteiger partial charge in [0.15, 0.2) is 0 Å². The minimum Gasteiger partial charge on any atom is -0.477 e. The lowest BCUT2D eigenvalue weighted by molar-refractivity contribution is 0.0690. The maximum atomic E-state index is 10.7. The van der Waals surface area contributed by atoms with E-state index in [4.69, 9.17) is 10.2 Å². The summed E-state index contributed by atoms with van der Waals surface area (Å²) in [6.45, 7) is 0.981. The number of carboxylic acids is 1. The zero-order chi connectivity index (χ0) is 12.3. The summed E-state index contributed by atoms with van der Waals surface area (Å²) >= 11 is 0. The largest absolute Gasteiger partial charge is 0.477 e. The van der Waals surface area contributed by atoms with Crippen LogP contribution in [0, 0.1) is 5.41 Å². The van der Waals surface area contributed by atoms with Gasteiger partial charge in [0.05, 0.1) is 0 Å². The van der Waals surface area contributed by atoms with Crippen LogP contribution in [0.25, 0.3) is 0 Å². The highest BCUT2D eigenvalue weighted by molar-refractivity contribution is 5.86. The Morgan fingerprint density at radius 1 is 1.53 bits per heavy atom. The fourth-order valence-electron chi connectivity index (χ4n) is 1.88. The molecule has 0 saturated heterocycles. The number of aromatic carboxylic acids is 1. The van der Waals surface area contributed by atoms with E-state index in [0.29, 0.717) is 0 Å². The molecule has 1 aromatic rings. The first-order valence-corrected chi connectivity index (χ1v) is 5.69. The molecule has 0 unspecified atom stereocenters. The molecule has 3 N–H and O–H groups in total. The Labute approximate surface area is 99.5 Å². The third-order valence-corrected chi connectivity index (χ3v) is 3.25. The summed E-state index contributed by atoms with van der Waals surface area (Å²) in [5.74, 6) is -1.02. The minimum absolute atomic E-state index is 0.0435. The molecule has 17 heavy (non-hydrogen) atoms. The van der Waals surface area contributed by atoms with Crippen molar-refractivity contribution in [1.29, 1.82) is 0 Å². The van der Waals surface area contributed by atoms with Gasteiger partial charge >= 0.3 is 5.97 Å². The molecular formula is C12H16N2O3. The van der Waals surface area contributed by atoms with Crippen LogP contribution in [0.15, 0.2) is 18.3 Å². The van der Waals surface area contributed by atoms with Crippen molar-refractivity contribution in [3.05, 3.63) is 24.0 Å². The van der Waals surface area contributed by atoms with E-state index in [1.165, 1.54) is 12.3 Å². The van der Waals surface area contributed by atoms with Crippen molar-refractivity contribution in [2.45, 2.75) is 19.3 Å². The number of pyridine rings is 1. The molecule has 5 heteroatoms. The monoisotopic (exact) mass is 236 g/mol. The minimum atomic E-state index is -1.02. The Kier molecular flexibility index (Phi) is 3.28. The van der Waals surface area contributed by atoms with Gasteiger partial charge in [-0.2, -0.15) is 0 Å². The summed E-state index contributed by atoms with van der Waals surface area (Å²) in [4.78, 5) is 14.5. The molecular weight excluding hydrogens is 220 g/mol. The van der Waals surface area contributed by atoms with Crippen molar-refractivity contribution in [3.63, 3.8) is 0 Å². The maximum Gasteiger partial charge on any atom is 0.354 e. The van der Waals surface area contributed by atoms with Gasteiger partial charge in [0, 0.05) is 25.0 Å². The van der Waals surface area contributed by atoms with Gasteiger partial charge in [-0.3, -0.25) is 0 Å². The van der Waals surface area contributed by atoms with E-state index in [9.17, 15) is 4.79 Å². The number of hydrogen-bond donors (Lipinski definition) is 3. The van der Waals surface area contributed by atoms with Gasteiger partial charge in [-0.05, 0) is 36.8 Å². The molecule has 1 fully saturated rings. The van der Waals surface area contributed by atoms with Gasteiger partial charge in [-0.15, -0.1) is 0 Å². The Hall–Kier alpha value is -1.62. The summed E-state index contributed by atoms with van der Waals surface area (Å²) in [6, 6.07) is 3.28. The van der Waals surface area contributed by atoms with E-state index in [2.05, 4.69) is 10.3 Å². The molecule has 0 radical (unpaired) electrons. The van der Waals surface area contributed by atoms with Crippen LogP contribution in [0.4, 0.5) is 5.69 Å². The highest BCUT2D eigenvalue weighted by Gasteiger charge is 2.41.